The number of phenolic OH excluding ortho intramolecular Hbond substituents is 1. The van der Waals surface area contributed by atoms with Crippen molar-refractivity contribution in [2.45, 2.75) is 43.0 Å². The number of aryl methyl sites for hydroxylation is 1. The Morgan fingerprint density at radius 3 is 2.35 bits per heavy atom. The van der Waals surface area contributed by atoms with Gasteiger partial charge in [0.2, 0.25) is 0 Å². The quantitative estimate of drug-likeness (QED) is 0.193. The molecule has 140 valence electrons. The summed E-state index contributed by atoms with van der Waals surface area (Å²) in [6, 6.07) is 8.41. The SMILES string of the molecule is C=Ic1c(O)ccc2c1[nH]c1c(I=C)c(CCCC(I)CCC)ccc12. The fraction of sp³-hybridized carbons (Fsp3) is 0.333. The number of H-pyrrole nitrogens is 1. The number of fused-ring (bicyclic) bond motifs is 3. The predicted octanol–water partition coefficient (Wildman–Crippen LogP) is 7.10. The first-order chi connectivity index (χ1) is 12.6. The molecule has 0 radical (unpaired) electrons. The van der Waals surface area contributed by atoms with E-state index in [1.165, 1.54) is 51.1 Å². The Bertz CT molecular complexity index is 961. The predicted molar refractivity (Wildman–Crippen MR) is 143 cm³/mol. The summed E-state index contributed by atoms with van der Waals surface area (Å²) in [5.74, 6) is 0.377. The molecule has 3 rings (SSSR count). The smallest absolute Gasteiger partial charge is 0.130 e. The van der Waals surface area contributed by atoms with Crippen molar-refractivity contribution in [2.24, 2.45) is 0 Å². The second kappa shape index (κ2) is 9.45. The van der Waals surface area contributed by atoms with Crippen molar-refractivity contribution < 1.29 is 5.11 Å². The lowest BCUT2D eigenvalue weighted by molar-refractivity contribution is 0.472. The second-order valence-corrected chi connectivity index (χ2v) is 11.9. The zero-order valence-electron chi connectivity index (χ0n) is 14.9. The number of nitrogens with one attached hydrogen (secondary N) is 1. The lowest BCUT2D eigenvalue weighted by Gasteiger charge is -2.10. The number of benzene rings is 2. The molecule has 0 saturated carbocycles. The van der Waals surface area contributed by atoms with E-state index in [1.54, 1.807) is 0 Å². The monoisotopic (exact) mass is 687 g/mol. The van der Waals surface area contributed by atoms with Crippen LogP contribution in [-0.4, -0.2) is 23.0 Å². The Morgan fingerprint density at radius 2 is 1.69 bits per heavy atom. The molecule has 1 heterocycles. The third-order valence-electron chi connectivity index (χ3n) is 4.72. The highest BCUT2D eigenvalue weighted by Crippen LogP contribution is 2.37. The van der Waals surface area contributed by atoms with Crippen LogP contribution in [0.1, 0.15) is 38.2 Å². The van der Waals surface area contributed by atoms with Crippen molar-refractivity contribution in [2.75, 3.05) is 0 Å². The van der Waals surface area contributed by atoms with Gasteiger partial charge in [-0.15, -0.1) is 0 Å². The van der Waals surface area contributed by atoms with Gasteiger partial charge in [-0.25, -0.2) is 0 Å². The van der Waals surface area contributed by atoms with Crippen LogP contribution in [0.15, 0.2) is 24.3 Å². The second-order valence-electron chi connectivity index (χ2n) is 6.45. The molecule has 0 amide bonds. The highest BCUT2D eigenvalue weighted by molar-refractivity contribution is 14.2. The van der Waals surface area contributed by atoms with Gasteiger partial charge in [0.1, 0.15) is 5.75 Å². The molecule has 26 heavy (non-hydrogen) atoms. The summed E-state index contributed by atoms with van der Waals surface area (Å²) in [7, 11) is 0. The van der Waals surface area contributed by atoms with E-state index in [-0.39, 0.29) is 20.7 Å². The van der Waals surface area contributed by atoms with Gasteiger partial charge >= 0.3 is 0 Å². The Kier molecular flexibility index (Phi) is 7.52. The number of rotatable bonds is 8. The molecule has 3 aromatic rings. The Morgan fingerprint density at radius 1 is 1.04 bits per heavy atom. The van der Waals surface area contributed by atoms with Gasteiger partial charge in [0, 0.05) is 18.3 Å². The van der Waals surface area contributed by atoms with Gasteiger partial charge in [-0.05, 0) is 43.4 Å². The van der Waals surface area contributed by atoms with Crippen LogP contribution in [0.25, 0.3) is 21.8 Å². The van der Waals surface area contributed by atoms with Crippen molar-refractivity contribution in [3.8, 4) is 5.75 Å². The van der Waals surface area contributed by atoms with E-state index < -0.39 is 20.7 Å². The van der Waals surface area contributed by atoms with Crippen molar-refractivity contribution in [1.29, 1.82) is 0 Å². The lowest BCUT2D eigenvalue weighted by Crippen LogP contribution is -1.99. The van der Waals surface area contributed by atoms with Crippen LogP contribution in [-0.2, 0) is 6.42 Å². The normalized spacial score (nSPS) is 12.8. The van der Waals surface area contributed by atoms with Crippen LogP contribution in [0, 0.1) is 7.14 Å². The standard InChI is InChI=1S/C21H24I3NO/c1-4-6-14(22)8-5-7-13-9-10-15-16-11-12-17(26)19(24-3)21(16)25-20(15)18(13)23-2/h9-12,14,25-26H,2-8H2,1H3. The summed E-state index contributed by atoms with van der Waals surface area (Å²) < 4.78 is 11.6. The number of alkyl halides is 1. The van der Waals surface area contributed by atoms with E-state index in [0.29, 0.717) is 5.75 Å². The number of halogens is 3. The van der Waals surface area contributed by atoms with Gasteiger partial charge < -0.3 is 10.1 Å². The average molecular weight is 687 g/mol. The summed E-state index contributed by atoms with van der Waals surface area (Å²) in [6.07, 6.45) is 6.26. The lowest BCUT2D eigenvalue weighted by atomic mass is 10.0. The van der Waals surface area contributed by atoms with E-state index >= 15 is 0 Å². The molecule has 0 spiro atoms. The molecule has 1 unspecified atom stereocenters. The largest absolute Gasteiger partial charge is 0.507 e. The average Bonchev–Trinajstić information content (AvgIpc) is 3.00. The van der Waals surface area contributed by atoms with Crippen molar-refractivity contribution >= 4 is 94.9 Å². The van der Waals surface area contributed by atoms with Crippen LogP contribution >= 0.6 is 64.1 Å². The van der Waals surface area contributed by atoms with Crippen molar-refractivity contribution in [3.05, 3.63) is 37.0 Å². The number of hydrogen-bond donors (Lipinski definition) is 2. The Hall–Kier alpha value is -0.0300. The molecule has 0 aliphatic carbocycles. The number of aromatic nitrogens is 1. The van der Waals surface area contributed by atoms with E-state index in [0.717, 1.165) is 19.4 Å². The minimum atomic E-state index is -0.435. The van der Waals surface area contributed by atoms with Gasteiger partial charge in [0.15, 0.2) is 0 Å². The van der Waals surface area contributed by atoms with E-state index in [4.69, 9.17) is 0 Å². The molecule has 5 heteroatoms. The number of hydrogen-bond acceptors (Lipinski definition) is 1. The van der Waals surface area contributed by atoms with Gasteiger partial charge in [-0.3, -0.25) is 0 Å². The molecule has 0 saturated heterocycles. The van der Waals surface area contributed by atoms with Crippen LogP contribution in [0.3, 0.4) is 0 Å². The highest BCUT2D eigenvalue weighted by atomic mass is 127. The van der Waals surface area contributed by atoms with Crippen LogP contribution in [0.5, 0.6) is 5.75 Å². The van der Waals surface area contributed by atoms with Crippen LogP contribution in [0.2, 0.25) is 0 Å². The summed E-state index contributed by atoms with van der Waals surface area (Å²) >= 11 is 1.90. The number of aromatic amines is 1. The maximum absolute atomic E-state index is 10.2. The molecule has 0 aliphatic heterocycles. The van der Waals surface area contributed by atoms with Crippen LogP contribution < -0.4 is 0 Å². The first-order valence-electron chi connectivity index (χ1n) is 8.80. The van der Waals surface area contributed by atoms with Gasteiger partial charge in [-0.2, -0.15) is 0 Å². The first-order valence-corrected chi connectivity index (χ1v) is 15.3. The molecule has 0 aliphatic rings. The van der Waals surface area contributed by atoms with Crippen molar-refractivity contribution in [3.63, 3.8) is 0 Å². The molecule has 2 nitrogen and oxygen atoms in total. The Balaban J connectivity index is 2.01. The van der Waals surface area contributed by atoms with Crippen molar-refractivity contribution in [1.82, 2.24) is 4.98 Å². The molecule has 1 aromatic heterocycles. The summed E-state index contributed by atoms with van der Waals surface area (Å²) in [4.78, 5) is 3.63. The molecule has 2 aromatic carbocycles. The fourth-order valence-electron chi connectivity index (χ4n) is 3.46. The van der Waals surface area contributed by atoms with Gasteiger partial charge in [-0.1, -0.05) is 98.6 Å². The molecular formula is C21H24I3NO. The van der Waals surface area contributed by atoms with Gasteiger partial charge in [0.05, 0.1) is 14.6 Å². The number of aromatic hydroxyl groups is 1. The third kappa shape index (κ3) is 4.19. The van der Waals surface area contributed by atoms with E-state index in [2.05, 4.69) is 55.7 Å². The maximum Gasteiger partial charge on any atom is 0.130 e. The third-order valence-corrected chi connectivity index (χ3v) is 9.81. The first kappa shape index (κ1) is 20.7. The molecule has 2 N–H and O–H groups in total. The minimum Gasteiger partial charge on any atom is -0.507 e. The molecule has 0 bridgehead atoms. The number of phenols is 1. The maximum atomic E-state index is 10.2. The zero-order valence-corrected chi connectivity index (χ0v) is 21.4. The fourth-order valence-corrected chi connectivity index (χ4v) is 7.64. The highest BCUT2D eigenvalue weighted by Gasteiger charge is 2.14. The zero-order chi connectivity index (χ0) is 18.7. The molecule has 1 atom stereocenters. The van der Waals surface area contributed by atoms with Gasteiger partial charge in [0.25, 0.3) is 0 Å². The molecular weight excluding hydrogens is 663 g/mol. The Labute approximate surface area is 188 Å². The summed E-state index contributed by atoms with van der Waals surface area (Å²) in [5.41, 5.74) is 3.78. The van der Waals surface area contributed by atoms with E-state index in [1.807, 2.05) is 12.1 Å². The topological polar surface area (TPSA) is 36.0 Å². The summed E-state index contributed by atoms with van der Waals surface area (Å²) in [5, 5.41) is 12.7. The van der Waals surface area contributed by atoms with E-state index in [9.17, 15) is 5.11 Å². The minimum absolute atomic E-state index is 0.267. The van der Waals surface area contributed by atoms with Crippen LogP contribution in [0.4, 0.5) is 0 Å². The summed E-state index contributed by atoms with van der Waals surface area (Å²) in [6.45, 7) is 2.26. The molecule has 0 fully saturated rings.